The molecule has 3 rings (SSSR count). The minimum atomic E-state index is -3.86. The lowest BCUT2D eigenvalue weighted by atomic mass is 10.1. The van der Waals surface area contributed by atoms with Crippen LogP contribution < -0.4 is 5.14 Å². The van der Waals surface area contributed by atoms with Crippen molar-refractivity contribution in [1.29, 1.82) is 0 Å². The van der Waals surface area contributed by atoms with E-state index in [-0.39, 0.29) is 17.3 Å². The molecule has 0 amide bonds. The van der Waals surface area contributed by atoms with Gasteiger partial charge in [-0.2, -0.15) is 4.68 Å². The standard InChI is InChI=1S/C17H17N5O4S/c1-2-26-17(23)16-20-15(10-12-6-4-3-5-7-12)22(21-16)14-9-8-13(11-19-14)27(18,24)25/h3-9,11H,2,10H2,1H3,(H2,18,24,25). The van der Waals surface area contributed by atoms with E-state index in [4.69, 9.17) is 9.88 Å². The normalized spacial score (nSPS) is 11.3. The van der Waals surface area contributed by atoms with Crippen molar-refractivity contribution in [3.63, 3.8) is 0 Å². The molecule has 10 heteroatoms. The Morgan fingerprint density at radius 2 is 1.93 bits per heavy atom. The number of hydrogen-bond donors (Lipinski definition) is 1. The number of benzene rings is 1. The predicted molar refractivity (Wildman–Crippen MR) is 95.7 cm³/mol. The molecule has 1 aromatic carbocycles. The number of nitrogens with zero attached hydrogens (tertiary/aromatic N) is 4. The monoisotopic (exact) mass is 387 g/mol. The molecule has 0 aliphatic rings. The predicted octanol–water partition coefficient (Wildman–Crippen LogP) is 1.08. The summed E-state index contributed by atoms with van der Waals surface area (Å²) in [5.41, 5.74) is 0.961. The van der Waals surface area contributed by atoms with Gasteiger partial charge in [0, 0.05) is 12.6 Å². The van der Waals surface area contributed by atoms with E-state index < -0.39 is 16.0 Å². The minimum Gasteiger partial charge on any atom is -0.460 e. The quantitative estimate of drug-likeness (QED) is 0.626. The van der Waals surface area contributed by atoms with E-state index in [1.807, 2.05) is 30.3 Å². The van der Waals surface area contributed by atoms with Crippen molar-refractivity contribution in [2.75, 3.05) is 6.61 Å². The summed E-state index contributed by atoms with van der Waals surface area (Å²) in [6.07, 6.45) is 1.52. The molecule has 0 spiro atoms. The van der Waals surface area contributed by atoms with Gasteiger partial charge in [-0.25, -0.2) is 28.3 Å². The summed E-state index contributed by atoms with van der Waals surface area (Å²) < 4.78 is 29.1. The fraction of sp³-hybridized carbons (Fsp3) is 0.176. The second kappa shape index (κ2) is 7.64. The molecule has 9 nitrogen and oxygen atoms in total. The Hall–Kier alpha value is -3.11. The fourth-order valence-corrected chi connectivity index (χ4v) is 2.83. The third-order valence-electron chi connectivity index (χ3n) is 3.60. The lowest BCUT2D eigenvalue weighted by Crippen LogP contribution is -2.13. The van der Waals surface area contributed by atoms with Crippen LogP contribution in [0.5, 0.6) is 0 Å². The van der Waals surface area contributed by atoms with Crippen molar-refractivity contribution in [1.82, 2.24) is 19.7 Å². The number of ether oxygens (including phenoxy) is 1. The average Bonchev–Trinajstić information content (AvgIpc) is 3.06. The van der Waals surface area contributed by atoms with Crippen LogP contribution in [0.4, 0.5) is 0 Å². The van der Waals surface area contributed by atoms with Gasteiger partial charge in [0.15, 0.2) is 5.82 Å². The van der Waals surface area contributed by atoms with Crippen molar-refractivity contribution in [3.05, 3.63) is 65.9 Å². The van der Waals surface area contributed by atoms with Gasteiger partial charge in [0.25, 0.3) is 5.82 Å². The molecule has 0 saturated heterocycles. The van der Waals surface area contributed by atoms with Crippen molar-refractivity contribution in [2.24, 2.45) is 5.14 Å². The highest BCUT2D eigenvalue weighted by atomic mass is 32.2. The maximum atomic E-state index is 12.0. The van der Waals surface area contributed by atoms with E-state index >= 15 is 0 Å². The molecular formula is C17H17N5O4S. The SMILES string of the molecule is CCOC(=O)c1nc(Cc2ccccc2)n(-c2ccc(S(N)(=O)=O)cn2)n1. The van der Waals surface area contributed by atoms with Crippen molar-refractivity contribution < 1.29 is 17.9 Å². The summed E-state index contributed by atoms with van der Waals surface area (Å²) in [7, 11) is -3.86. The Labute approximate surface area is 155 Å². The van der Waals surface area contributed by atoms with Gasteiger partial charge in [0.1, 0.15) is 10.7 Å². The number of aromatic nitrogens is 4. The largest absolute Gasteiger partial charge is 0.460 e. The van der Waals surface area contributed by atoms with Crippen LogP contribution >= 0.6 is 0 Å². The lowest BCUT2D eigenvalue weighted by molar-refractivity contribution is 0.0512. The van der Waals surface area contributed by atoms with E-state index in [0.717, 1.165) is 11.8 Å². The minimum absolute atomic E-state index is 0.0971. The first-order valence-electron chi connectivity index (χ1n) is 8.04. The number of rotatable bonds is 6. The zero-order valence-corrected chi connectivity index (χ0v) is 15.3. The van der Waals surface area contributed by atoms with E-state index in [2.05, 4.69) is 15.1 Å². The van der Waals surface area contributed by atoms with Crippen molar-refractivity contribution >= 4 is 16.0 Å². The first-order chi connectivity index (χ1) is 12.9. The molecule has 0 radical (unpaired) electrons. The summed E-state index contributed by atoms with van der Waals surface area (Å²) in [6.45, 7) is 1.88. The van der Waals surface area contributed by atoms with Gasteiger partial charge in [-0.15, -0.1) is 5.10 Å². The maximum absolute atomic E-state index is 12.0. The van der Waals surface area contributed by atoms with Gasteiger partial charge < -0.3 is 4.74 Å². The molecule has 3 aromatic rings. The Morgan fingerprint density at radius 3 is 2.52 bits per heavy atom. The number of pyridine rings is 1. The molecule has 2 N–H and O–H groups in total. The Balaban J connectivity index is 2.02. The summed E-state index contributed by atoms with van der Waals surface area (Å²) in [5.74, 6) is 0.0170. The molecule has 0 aliphatic heterocycles. The maximum Gasteiger partial charge on any atom is 0.378 e. The van der Waals surface area contributed by atoms with E-state index in [1.165, 1.54) is 16.8 Å². The van der Waals surface area contributed by atoms with Gasteiger partial charge in [-0.3, -0.25) is 0 Å². The first kappa shape index (κ1) is 18.7. The van der Waals surface area contributed by atoms with Crippen molar-refractivity contribution in [3.8, 4) is 5.82 Å². The molecular weight excluding hydrogens is 370 g/mol. The number of carbonyl (C=O) groups is 1. The molecule has 0 bridgehead atoms. The van der Waals surface area contributed by atoms with Gasteiger partial charge >= 0.3 is 5.97 Å². The zero-order chi connectivity index (χ0) is 19.4. The van der Waals surface area contributed by atoms with Crippen molar-refractivity contribution in [2.45, 2.75) is 18.2 Å². The zero-order valence-electron chi connectivity index (χ0n) is 14.4. The van der Waals surface area contributed by atoms with Crippen LogP contribution in [0, 0.1) is 0 Å². The number of nitrogens with two attached hydrogens (primary N) is 1. The van der Waals surface area contributed by atoms with Crippen LogP contribution in [0.3, 0.4) is 0 Å². The van der Waals surface area contributed by atoms with E-state index in [9.17, 15) is 13.2 Å². The molecule has 0 aliphatic carbocycles. The highest BCUT2D eigenvalue weighted by Crippen LogP contribution is 2.14. The fourth-order valence-electron chi connectivity index (χ4n) is 2.37. The number of primary sulfonamides is 1. The average molecular weight is 387 g/mol. The van der Waals surface area contributed by atoms with Crippen LogP contribution in [-0.2, 0) is 21.2 Å². The number of carbonyl (C=O) groups excluding carboxylic acids is 1. The lowest BCUT2D eigenvalue weighted by Gasteiger charge is -2.06. The van der Waals surface area contributed by atoms with Crippen LogP contribution in [0.2, 0.25) is 0 Å². The van der Waals surface area contributed by atoms with Gasteiger partial charge in [-0.1, -0.05) is 30.3 Å². The van der Waals surface area contributed by atoms with Crippen LogP contribution in [0.25, 0.3) is 5.82 Å². The summed E-state index contributed by atoms with van der Waals surface area (Å²) in [4.78, 5) is 20.2. The number of esters is 1. The Bertz CT molecular complexity index is 1050. The van der Waals surface area contributed by atoms with Crippen LogP contribution in [0.1, 0.15) is 28.9 Å². The molecule has 0 atom stereocenters. The number of hydrogen-bond acceptors (Lipinski definition) is 7. The Morgan fingerprint density at radius 1 is 1.19 bits per heavy atom. The molecule has 27 heavy (non-hydrogen) atoms. The van der Waals surface area contributed by atoms with Gasteiger partial charge in [0.2, 0.25) is 10.0 Å². The van der Waals surface area contributed by atoms with E-state index in [1.54, 1.807) is 6.92 Å². The third-order valence-corrected chi connectivity index (χ3v) is 4.50. The van der Waals surface area contributed by atoms with Crippen LogP contribution in [-0.4, -0.2) is 40.7 Å². The van der Waals surface area contributed by atoms with Crippen LogP contribution in [0.15, 0.2) is 53.6 Å². The van der Waals surface area contributed by atoms with Gasteiger partial charge in [-0.05, 0) is 24.6 Å². The van der Waals surface area contributed by atoms with E-state index in [0.29, 0.717) is 18.1 Å². The van der Waals surface area contributed by atoms with Gasteiger partial charge in [0.05, 0.1) is 6.61 Å². The molecule has 0 fully saturated rings. The number of sulfonamides is 1. The Kier molecular flexibility index (Phi) is 5.28. The molecule has 140 valence electrons. The second-order valence-corrected chi connectivity index (χ2v) is 7.10. The smallest absolute Gasteiger partial charge is 0.378 e. The highest BCUT2D eigenvalue weighted by molar-refractivity contribution is 7.89. The molecule has 2 heterocycles. The molecule has 0 saturated carbocycles. The summed E-state index contributed by atoms with van der Waals surface area (Å²) in [6, 6.07) is 12.3. The molecule has 2 aromatic heterocycles. The first-order valence-corrected chi connectivity index (χ1v) is 9.59. The topological polar surface area (TPSA) is 130 Å². The molecule has 0 unspecified atom stereocenters. The summed E-state index contributed by atoms with van der Waals surface area (Å²) in [5, 5.41) is 9.27. The summed E-state index contributed by atoms with van der Waals surface area (Å²) >= 11 is 0. The highest BCUT2D eigenvalue weighted by Gasteiger charge is 2.20. The second-order valence-electron chi connectivity index (χ2n) is 5.54. The third kappa shape index (κ3) is 4.36.